The van der Waals surface area contributed by atoms with Crippen LogP contribution in [0.15, 0.2) is 28.9 Å². The largest absolute Gasteiger partial charge is 0.456 e. The van der Waals surface area contributed by atoms with E-state index >= 15 is 0 Å². The minimum Gasteiger partial charge on any atom is -0.456 e. The SMILES string of the molecule is CC(=O)NCC1CCn2ncc(C(=O)Nc3cc(C(=O)OC(C)(C)C)ccc3Br)c2C1. The second kappa shape index (κ2) is 9.21. The normalized spacial score (nSPS) is 15.7. The van der Waals surface area contributed by atoms with Gasteiger partial charge in [-0.15, -0.1) is 0 Å². The lowest BCUT2D eigenvalue weighted by molar-refractivity contribution is -0.119. The summed E-state index contributed by atoms with van der Waals surface area (Å²) in [5.41, 5.74) is 1.54. The van der Waals surface area contributed by atoms with E-state index in [1.165, 1.54) is 6.92 Å². The Hall–Kier alpha value is -2.68. The Morgan fingerprint density at radius 1 is 1.29 bits per heavy atom. The summed E-state index contributed by atoms with van der Waals surface area (Å²) in [4.78, 5) is 36.6. The van der Waals surface area contributed by atoms with Gasteiger partial charge < -0.3 is 15.4 Å². The van der Waals surface area contributed by atoms with Crippen molar-refractivity contribution in [3.8, 4) is 0 Å². The molecule has 0 bridgehead atoms. The molecule has 31 heavy (non-hydrogen) atoms. The number of hydrogen-bond donors (Lipinski definition) is 2. The van der Waals surface area contributed by atoms with Gasteiger partial charge in [-0.05, 0) is 73.7 Å². The van der Waals surface area contributed by atoms with Gasteiger partial charge in [0.25, 0.3) is 5.91 Å². The van der Waals surface area contributed by atoms with Gasteiger partial charge >= 0.3 is 5.97 Å². The molecule has 2 N–H and O–H groups in total. The van der Waals surface area contributed by atoms with Gasteiger partial charge in [-0.25, -0.2) is 4.79 Å². The van der Waals surface area contributed by atoms with Crippen molar-refractivity contribution < 1.29 is 19.1 Å². The van der Waals surface area contributed by atoms with E-state index in [2.05, 4.69) is 31.7 Å². The van der Waals surface area contributed by atoms with Crippen LogP contribution in [0.25, 0.3) is 0 Å². The highest BCUT2D eigenvalue weighted by Gasteiger charge is 2.26. The third kappa shape index (κ3) is 5.94. The van der Waals surface area contributed by atoms with Crippen LogP contribution >= 0.6 is 15.9 Å². The number of halogens is 1. The maximum Gasteiger partial charge on any atom is 0.338 e. The van der Waals surface area contributed by atoms with Crippen molar-refractivity contribution in [2.45, 2.75) is 52.7 Å². The monoisotopic (exact) mass is 490 g/mol. The molecular weight excluding hydrogens is 464 g/mol. The van der Waals surface area contributed by atoms with Crippen LogP contribution in [0.1, 0.15) is 60.5 Å². The standard InChI is InChI=1S/C22H27BrN4O4/c1-13(28)24-11-14-7-8-27-19(9-14)16(12-25-27)20(29)26-18-10-15(5-6-17(18)23)21(30)31-22(2,3)4/h5-6,10,12,14H,7-9,11H2,1-4H3,(H,24,28)(H,26,29). The van der Waals surface area contributed by atoms with E-state index in [0.717, 1.165) is 12.1 Å². The quantitative estimate of drug-likeness (QED) is 0.623. The summed E-state index contributed by atoms with van der Waals surface area (Å²) in [6, 6.07) is 4.93. The second-order valence-corrected chi connectivity index (χ2v) is 9.53. The van der Waals surface area contributed by atoms with Crippen molar-refractivity contribution in [2.75, 3.05) is 11.9 Å². The minimum absolute atomic E-state index is 0.0632. The molecule has 0 spiro atoms. The molecule has 1 aromatic carbocycles. The average Bonchev–Trinajstić information content (AvgIpc) is 3.10. The molecule has 0 radical (unpaired) electrons. The highest BCUT2D eigenvalue weighted by atomic mass is 79.9. The molecule has 1 aromatic heterocycles. The highest BCUT2D eigenvalue weighted by molar-refractivity contribution is 9.10. The second-order valence-electron chi connectivity index (χ2n) is 8.67. The van der Waals surface area contributed by atoms with Crippen molar-refractivity contribution in [2.24, 2.45) is 5.92 Å². The Morgan fingerprint density at radius 3 is 2.71 bits per heavy atom. The number of ether oxygens (including phenoxy) is 1. The number of nitrogens with zero attached hydrogens (tertiary/aromatic N) is 2. The fourth-order valence-electron chi connectivity index (χ4n) is 3.43. The van der Waals surface area contributed by atoms with Crippen LogP contribution in [0.4, 0.5) is 5.69 Å². The molecule has 0 saturated heterocycles. The van der Waals surface area contributed by atoms with Crippen molar-refractivity contribution in [1.29, 1.82) is 0 Å². The zero-order valence-corrected chi connectivity index (χ0v) is 19.7. The molecule has 1 atom stereocenters. The van der Waals surface area contributed by atoms with E-state index in [1.54, 1.807) is 45.2 Å². The molecule has 166 valence electrons. The molecule has 1 unspecified atom stereocenters. The lowest BCUT2D eigenvalue weighted by atomic mass is 9.94. The summed E-state index contributed by atoms with van der Waals surface area (Å²) >= 11 is 3.42. The van der Waals surface area contributed by atoms with Crippen molar-refractivity contribution in [3.05, 3.63) is 45.7 Å². The lowest BCUT2D eigenvalue weighted by Gasteiger charge is -2.24. The fourth-order valence-corrected chi connectivity index (χ4v) is 3.77. The first-order chi connectivity index (χ1) is 14.5. The van der Waals surface area contributed by atoms with Crippen LogP contribution in [0.3, 0.4) is 0 Å². The molecule has 3 rings (SSSR count). The number of anilines is 1. The summed E-state index contributed by atoms with van der Waals surface area (Å²) in [6.07, 6.45) is 3.11. The van der Waals surface area contributed by atoms with Crippen LogP contribution in [-0.2, 0) is 22.5 Å². The van der Waals surface area contributed by atoms with E-state index in [4.69, 9.17) is 4.74 Å². The van der Waals surface area contributed by atoms with E-state index in [-0.39, 0.29) is 17.7 Å². The molecule has 9 heteroatoms. The summed E-state index contributed by atoms with van der Waals surface area (Å²) < 4.78 is 7.90. The Bertz CT molecular complexity index is 1010. The molecule has 1 aliphatic rings. The van der Waals surface area contributed by atoms with Crippen LogP contribution in [-0.4, -0.2) is 39.7 Å². The number of nitrogens with one attached hydrogen (secondary N) is 2. The summed E-state index contributed by atoms with van der Waals surface area (Å²) in [7, 11) is 0. The molecular formula is C22H27BrN4O4. The van der Waals surface area contributed by atoms with Gasteiger partial charge in [0.1, 0.15) is 5.60 Å². The first-order valence-electron chi connectivity index (χ1n) is 10.2. The number of esters is 1. The minimum atomic E-state index is -0.613. The molecule has 1 aliphatic heterocycles. The summed E-state index contributed by atoms with van der Waals surface area (Å²) in [6.45, 7) is 8.17. The number of benzene rings is 1. The zero-order valence-electron chi connectivity index (χ0n) is 18.1. The molecule has 0 fully saturated rings. The van der Waals surface area contributed by atoms with Gasteiger partial charge in [0.15, 0.2) is 0 Å². The number of rotatable bonds is 5. The maximum atomic E-state index is 13.0. The predicted molar refractivity (Wildman–Crippen MR) is 120 cm³/mol. The topological polar surface area (TPSA) is 102 Å². The molecule has 0 saturated carbocycles. The number of fused-ring (bicyclic) bond motifs is 1. The Labute approximate surface area is 189 Å². The average molecular weight is 491 g/mol. The first kappa shape index (κ1) is 23.0. The number of aromatic nitrogens is 2. The number of hydrogen-bond acceptors (Lipinski definition) is 5. The third-order valence-corrected chi connectivity index (χ3v) is 5.60. The van der Waals surface area contributed by atoms with E-state index in [1.807, 2.05) is 4.68 Å². The Kier molecular flexibility index (Phi) is 6.83. The molecule has 8 nitrogen and oxygen atoms in total. The van der Waals surface area contributed by atoms with Crippen LogP contribution in [0, 0.1) is 5.92 Å². The van der Waals surface area contributed by atoms with Gasteiger partial charge in [0, 0.05) is 24.5 Å². The molecule has 2 aromatic rings. The van der Waals surface area contributed by atoms with Gasteiger partial charge in [-0.2, -0.15) is 5.10 Å². The molecule has 0 aliphatic carbocycles. The maximum absolute atomic E-state index is 13.0. The number of aryl methyl sites for hydroxylation is 1. The predicted octanol–water partition coefficient (Wildman–Crippen LogP) is 3.55. The fraction of sp³-hybridized carbons (Fsp3) is 0.455. The van der Waals surface area contributed by atoms with Crippen molar-refractivity contribution >= 4 is 39.4 Å². The summed E-state index contributed by atoms with van der Waals surface area (Å²) in [5.74, 6) is -0.573. The van der Waals surface area contributed by atoms with Crippen LogP contribution in [0.2, 0.25) is 0 Å². The zero-order chi connectivity index (χ0) is 22.8. The van der Waals surface area contributed by atoms with Crippen LogP contribution in [0.5, 0.6) is 0 Å². The van der Waals surface area contributed by atoms with Gasteiger partial charge in [-0.1, -0.05) is 0 Å². The first-order valence-corrected chi connectivity index (χ1v) is 11.0. The Morgan fingerprint density at radius 2 is 2.03 bits per heavy atom. The van der Waals surface area contributed by atoms with Crippen molar-refractivity contribution in [3.63, 3.8) is 0 Å². The van der Waals surface area contributed by atoms with E-state index < -0.39 is 11.6 Å². The van der Waals surface area contributed by atoms with E-state index in [0.29, 0.717) is 40.8 Å². The van der Waals surface area contributed by atoms with Gasteiger partial charge in [0.05, 0.1) is 28.7 Å². The lowest BCUT2D eigenvalue weighted by Crippen LogP contribution is -2.32. The van der Waals surface area contributed by atoms with Crippen molar-refractivity contribution in [1.82, 2.24) is 15.1 Å². The molecule has 2 heterocycles. The number of carbonyl (C=O) groups excluding carboxylic acids is 3. The highest BCUT2D eigenvalue weighted by Crippen LogP contribution is 2.27. The smallest absolute Gasteiger partial charge is 0.338 e. The van der Waals surface area contributed by atoms with Gasteiger partial charge in [-0.3, -0.25) is 14.3 Å². The van der Waals surface area contributed by atoms with Crippen LogP contribution < -0.4 is 10.6 Å². The summed E-state index contributed by atoms with van der Waals surface area (Å²) in [5, 5.41) is 10.1. The Balaban J connectivity index is 1.76. The molecule has 2 amide bonds. The van der Waals surface area contributed by atoms with Gasteiger partial charge in [0.2, 0.25) is 5.91 Å². The number of carbonyl (C=O) groups is 3. The third-order valence-electron chi connectivity index (χ3n) is 4.91. The number of amides is 2. The van der Waals surface area contributed by atoms with E-state index in [9.17, 15) is 14.4 Å².